The van der Waals surface area contributed by atoms with E-state index in [1.165, 1.54) is 14.2 Å². The molecule has 0 radical (unpaired) electrons. The highest BCUT2D eigenvalue weighted by atomic mass is 17.3. The summed E-state index contributed by atoms with van der Waals surface area (Å²) in [6.07, 6.45) is -0.452. The first-order valence-corrected chi connectivity index (χ1v) is 2.86. The van der Waals surface area contributed by atoms with Crippen LogP contribution < -0.4 is 0 Å². The molecule has 5 heteroatoms. The zero-order chi connectivity index (χ0) is 7.40. The van der Waals surface area contributed by atoms with Gasteiger partial charge in [0.1, 0.15) is 6.61 Å². The summed E-state index contributed by atoms with van der Waals surface area (Å²) in [5.41, 5.74) is 0. The first-order valence-electron chi connectivity index (χ1n) is 2.86. The molecule has 0 unspecified atom stereocenters. The van der Waals surface area contributed by atoms with Crippen LogP contribution in [-0.4, -0.2) is 33.6 Å². The third kappa shape index (κ3) is 1.89. The van der Waals surface area contributed by atoms with Crippen molar-refractivity contribution in [3.63, 3.8) is 0 Å². The van der Waals surface area contributed by atoms with Crippen molar-refractivity contribution in [2.24, 2.45) is 0 Å². The molecule has 1 fully saturated rings. The highest BCUT2D eigenvalue weighted by molar-refractivity contribution is 4.39. The molecule has 0 aromatic heterocycles. The van der Waals surface area contributed by atoms with Crippen molar-refractivity contribution < 1.29 is 24.0 Å². The summed E-state index contributed by atoms with van der Waals surface area (Å²) in [6, 6.07) is 0. The van der Waals surface area contributed by atoms with E-state index in [4.69, 9.17) is 9.47 Å². The van der Waals surface area contributed by atoms with Crippen LogP contribution in [0, 0.1) is 0 Å². The molecule has 0 aromatic rings. The Morgan fingerprint density at radius 1 is 1.20 bits per heavy atom. The van der Waals surface area contributed by atoms with Gasteiger partial charge in [0.2, 0.25) is 6.29 Å². The van der Waals surface area contributed by atoms with Crippen LogP contribution in [0.2, 0.25) is 0 Å². The molecule has 1 saturated heterocycles. The van der Waals surface area contributed by atoms with Gasteiger partial charge in [0.15, 0.2) is 0 Å². The van der Waals surface area contributed by atoms with E-state index < -0.39 is 12.8 Å². The van der Waals surface area contributed by atoms with E-state index in [1.54, 1.807) is 0 Å². The lowest BCUT2D eigenvalue weighted by Gasteiger charge is -2.25. The normalized spacial score (nSPS) is 34.2. The van der Waals surface area contributed by atoms with Gasteiger partial charge in [-0.2, -0.15) is 9.78 Å². The Labute approximate surface area is 58.7 Å². The molecule has 1 rings (SSSR count). The summed E-state index contributed by atoms with van der Waals surface area (Å²) in [7, 11) is 2.96. The van der Waals surface area contributed by atoms with Crippen LogP contribution >= 0.6 is 0 Å². The Bertz CT molecular complexity index is 76.0. The van der Waals surface area contributed by atoms with E-state index in [1.807, 2.05) is 0 Å². The van der Waals surface area contributed by atoms with Crippen LogP contribution in [0.5, 0.6) is 0 Å². The molecular weight excluding hydrogens is 140 g/mol. The maximum atomic E-state index is 4.94. The minimum atomic E-state index is -0.730. The molecule has 10 heavy (non-hydrogen) atoms. The zero-order valence-electron chi connectivity index (χ0n) is 5.90. The largest absolute Gasteiger partial charge is 0.351 e. The fraction of sp³-hybridized carbons (Fsp3) is 1.00. The van der Waals surface area contributed by atoms with Gasteiger partial charge in [-0.3, -0.25) is 0 Å². The number of rotatable bonds is 2. The monoisotopic (exact) mass is 150 g/mol. The second-order valence-corrected chi connectivity index (χ2v) is 1.72. The lowest BCUT2D eigenvalue weighted by molar-refractivity contribution is -0.519. The Morgan fingerprint density at radius 2 is 2.00 bits per heavy atom. The van der Waals surface area contributed by atoms with Gasteiger partial charge in [0.05, 0.1) is 0 Å². The van der Waals surface area contributed by atoms with E-state index in [9.17, 15) is 0 Å². The summed E-state index contributed by atoms with van der Waals surface area (Å²) in [5.74, 6) is 0. The average molecular weight is 150 g/mol. The molecular formula is C5H10O5. The Kier molecular flexibility index (Phi) is 3.04. The van der Waals surface area contributed by atoms with Gasteiger partial charge in [-0.05, 0) is 0 Å². The highest BCUT2D eigenvalue weighted by Gasteiger charge is 2.22. The van der Waals surface area contributed by atoms with E-state index in [-0.39, 0.29) is 0 Å². The maximum Gasteiger partial charge on any atom is 0.301 e. The fourth-order valence-corrected chi connectivity index (χ4v) is 0.535. The van der Waals surface area contributed by atoms with Crippen LogP contribution in [0.25, 0.3) is 0 Å². The summed E-state index contributed by atoms with van der Waals surface area (Å²) in [5, 5.41) is 0. The predicted octanol–water partition coefficient (Wildman–Crippen LogP) is -0.133. The second kappa shape index (κ2) is 3.85. The van der Waals surface area contributed by atoms with Gasteiger partial charge in [0.25, 0.3) is 0 Å². The van der Waals surface area contributed by atoms with Gasteiger partial charge in [-0.1, -0.05) is 0 Å². The lowest BCUT2D eigenvalue weighted by atomic mass is 10.7. The third-order valence-electron chi connectivity index (χ3n) is 1.07. The van der Waals surface area contributed by atoms with E-state index >= 15 is 0 Å². The molecule has 2 atom stereocenters. The first-order chi connectivity index (χ1) is 4.86. The van der Waals surface area contributed by atoms with Crippen LogP contribution in [0.4, 0.5) is 0 Å². The van der Waals surface area contributed by atoms with Crippen molar-refractivity contribution in [2.75, 3.05) is 20.8 Å². The van der Waals surface area contributed by atoms with Crippen LogP contribution in [0.15, 0.2) is 0 Å². The van der Waals surface area contributed by atoms with Crippen LogP contribution in [0.3, 0.4) is 0 Å². The van der Waals surface area contributed by atoms with E-state index in [0.717, 1.165) is 0 Å². The third-order valence-corrected chi connectivity index (χ3v) is 1.07. The van der Waals surface area contributed by atoms with Crippen molar-refractivity contribution in [1.82, 2.24) is 0 Å². The molecule has 60 valence electrons. The topological polar surface area (TPSA) is 46.2 Å². The molecule has 0 saturated carbocycles. The molecule has 5 nitrogen and oxygen atoms in total. The number of hydrogen-bond acceptors (Lipinski definition) is 5. The quantitative estimate of drug-likeness (QED) is 0.513. The summed E-state index contributed by atoms with van der Waals surface area (Å²) < 4.78 is 14.4. The molecule has 0 aromatic carbocycles. The summed E-state index contributed by atoms with van der Waals surface area (Å²) in [6.45, 7) is -0.416. The number of hydrogen-bond donors (Lipinski definition) is 0. The van der Waals surface area contributed by atoms with Crippen molar-refractivity contribution >= 4 is 0 Å². The Morgan fingerprint density at radius 3 is 2.40 bits per heavy atom. The van der Waals surface area contributed by atoms with Crippen molar-refractivity contribution in [2.45, 2.75) is 12.8 Å². The SMILES string of the molecule is CO[C@H]1CO[C@H](OC)OO1. The fourth-order valence-electron chi connectivity index (χ4n) is 0.535. The van der Waals surface area contributed by atoms with E-state index in [2.05, 4.69) is 14.5 Å². The Hall–Kier alpha value is -0.200. The molecule has 0 amide bonds. The van der Waals surface area contributed by atoms with Crippen LogP contribution in [-0.2, 0) is 24.0 Å². The molecule has 0 bridgehead atoms. The molecule has 0 spiro atoms. The minimum Gasteiger partial charge on any atom is -0.351 e. The lowest BCUT2D eigenvalue weighted by Crippen LogP contribution is -2.35. The zero-order valence-corrected chi connectivity index (χ0v) is 5.90. The van der Waals surface area contributed by atoms with Gasteiger partial charge in [-0.15, -0.1) is 0 Å². The maximum absolute atomic E-state index is 4.94. The average Bonchev–Trinajstić information content (AvgIpc) is 2.05. The number of ether oxygens (including phenoxy) is 3. The van der Waals surface area contributed by atoms with Crippen molar-refractivity contribution in [3.05, 3.63) is 0 Å². The minimum absolute atomic E-state index is 0.314. The van der Waals surface area contributed by atoms with Gasteiger partial charge in [0, 0.05) is 14.2 Å². The second-order valence-electron chi connectivity index (χ2n) is 1.72. The molecule has 1 aliphatic rings. The standard InChI is InChI=1S/C5H10O5/c1-6-4-3-8-5(7-2)10-9-4/h4-5H,3H2,1-2H3/t4-,5+/m1/s1. The Balaban J connectivity index is 2.17. The summed E-state index contributed by atoms with van der Waals surface area (Å²) >= 11 is 0. The molecule has 1 aliphatic heterocycles. The smallest absolute Gasteiger partial charge is 0.301 e. The molecule has 0 aliphatic carbocycles. The number of methoxy groups -OCH3 is 2. The summed E-state index contributed by atoms with van der Waals surface area (Å²) in [4.78, 5) is 9.22. The van der Waals surface area contributed by atoms with Crippen LogP contribution in [0.1, 0.15) is 0 Å². The van der Waals surface area contributed by atoms with Gasteiger partial charge in [-0.25, -0.2) is 0 Å². The van der Waals surface area contributed by atoms with Gasteiger partial charge < -0.3 is 14.2 Å². The van der Waals surface area contributed by atoms with Crippen molar-refractivity contribution in [1.29, 1.82) is 0 Å². The predicted molar refractivity (Wildman–Crippen MR) is 29.7 cm³/mol. The van der Waals surface area contributed by atoms with Crippen molar-refractivity contribution in [3.8, 4) is 0 Å². The molecule has 1 heterocycles. The van der Waals surface area contributed by atoms with Gasteiger partial charge >= 0.3 is 6.48 Å². The highest BCUT2D eigenvalue weighted by Crippen LogP contribution is 2.08. The molecule has 0 N–H and O–H groups in total. The van der Waals surface area contributed by atoms with E-state index in [0.29, 0.717) is 6.61 Å². The first kappa shape index (κ1) is 7.90.